The first kappa shape index (κ1) is 25.5. The molecular weight excluding hydrogens is 461 g/mol. The molecular formula is C18H16F9N3O2. The molecule has 0 saturated heterocycles. The number of benzene rings is 1. The third-order valence-electron chi connectivity index (χ3n) is 4.18. The Balaban J connectivity index is 2.87. The molecule has 0 aliphatic heterocycles. The van der Waals surface area contributed by atoms with E-state index in [0.717, 1.165) is 0 Å². The van der Waals surface area contributed by atoms with E-state index < -0.39 is 59.3 Å². The molecule has 0 saturated carbocycles. The summed E-state index contributed by atoms with van der Waals surface area (Å²) >= 11 is 0. The highest BCUT2D eigenvalue weighted by atomic mass is 19.4. The first-order chi connectivity index (χ1) is 14.6. The molecule has 2 aromatic rings. The second-order valence-electron chi connectivity index (χ2n) is 6.30. The van der Waals surface area contributed by atoms with Crippen molar-refractivity contribution in [3.63, 3.8) is 0 Å². The van der Waals surface area contributed by atoms with Gasteiger partial charge in [-0.25, -0.2) is 4.98 Å². The molecule has 1 heterocycles. The van der Waals surface area contributed by atoms with Gasteiger partial charge < -0.3 is 4.74 Å². The highest BCUT2D eigenvalue weighted by Gasteiger charge is 2.41. The summed E-state index contributed by atoms with van der Waals surface area (Å²) in [5.41, 5.74) is -7.26. The summed E-state index contributed by atoms with van der Waals surface area (Å²) in [6.45, 7) is 1.55. The molecule has 32 heavy (non-hydrogen) atoms. The van der Waals surface area contributed by atoms with Gasteiger partial charge >= 0.3 is 18.5 Å². The highest BCUT2D eigenvalue weighted by Crippen LogP contribution is 2.42. The fourth-order valence-electron chi connectivity index (χ4n) is 2.73. The summed E-state index contributed by atoms with van der Waals surface area (Å²) < 4.78 is 125. The largest absolute Gasteiger partial charge is 0.433 e. The Hall–Kier alpha value is -2.77. The van der Waals surface area contributed by atoms with Crippen LogP contribution in [0.15, 0.2) is 29.1 Å². The van der Waals surface area contributed by atoms with Gasteiger partial charge in [-0.05, 0) is 32.0 Å². The molecule has 0 spiro atoms. The zero-order valence-corrected chi connectivity index (χ0v) is 16.5. The van der Waals surface area contributed by atoms with E-state index in [1.165, 1.54) is 13.8 Å². The third kappa shape index (κ3) is 5.53. The van der Waals surface area contributed by atoms with Crippen LogP contribution in [-0.2, 0) is 29.8 Å². The number of anilines is 2. The number of hydrogen-bond donors (Lipinski definition) is 0. The SMILES string of the molecule is CCOCN(c1ccc(C(F)(F)F)cc1C(F)(F)F)c1nc(C(F)(F)F)cc(=O)n1CC. The Kier molecular flexibility index (Phi) is 7.17. The number of rotatable bonds is 6. The Morgan fingerprint density at radius 2 is 1.56 bits per heavy atom. The summed E-state index contributed by atoms with van der Waals surface area (Å²) in [5, 5.41) is 0. The van der Waals surface area contributed by atoms with Crippen LogP contribution >= 0.6 is 0 Å². The Labute approximate surface area is 175 Å². The van der Waals surface area contributed by atoms with Crippen LogP contribution in [0.4, 0.5) is 51.1 Å². The van der Waals surface area contributed by atoms with Crippen molar-refractivity contribution < 1.29 is 44.3 Å². The van der Waals surface area contributed by atoms with Gasteiger partial charge in [0.15, 0.2) is 5.69 Å². The van der Waals surface area contributed by atoms with E-state index in [1.54, 1.807) is 0 Å². The second kappa shape index (κ2) is 9.00. The number of alkyl halides is 9. The topological polar surface area (TPSA) is 47.4 Å². The van der Waals surface area contributed by atoms with Gasteiger partial charge in [0.1, 0.15) is 6.73 Å². The van der Waals surface area contributed by atoms with E-state index in [4.69, 9.17) is 4.74 Å². The minimum absolute atomic E-state index is 0.103. The van der Waals surface area contributed by atoms with Crippen molar-refractivity contribution >= 4 is 11.6 Å². The van der Waals surface area contributed by atoms with E-state index in [0.29, 0.717) is 21.6 Å². The maximum absolute atomic E-state index is 13.6. The summed E-state index contributed by atoms with van der Waals surface area (Å²) in [4.78, 5) is 16.0. The molecule has 0 fully saturated rings. The van der Waals surface area contributed by atoms with Crippen LogP contribution in [-0.4, -0.2) is 22.9 Å². The molecule has 0 aliphatic carbocycles. The van der Waals surface area contributed by atoms with Gasteiger partial charge in [0, 0.05) is 19.2 Å². The first-order valence-electron chi connectivity index (χ1n) is 8.94. The lowest BCUT2D eigenvalue weighted by atomic mass is 10.1. The van der Waals surface area contributed by atoms with Gasteiger partial charge in [-0.1, -0.05) is 0 Å². The molecule has 0 bridgehead atoms. The van der Waals surface area contributed by atoms with Gasteiger partial charge in [-0.2, -0.15) is 39.5 Å². The molecule has 1 aromatic carbocycles. The Morgan fingerprint density at radius 3 is 2.03 bits per heavy atom. The zero-order valence-electron chi connectivity index (χ0n) is 16.5. The second-order valence-corrected chi connectivity index (χ2v) is 6.30. The molecule has 5 nitrogen and oxygen atoms in total. The Morgan fingerprint density at radius 1 is 0.938 bits per heavy atom. The van der Waals surface area contributed by atoms with E-state index in [-0.39, 0.29) is 25.3 Å². The van der Waals surface area contributed by atoms with Crippen molar-refractivity contribution in [2.24, 2.45) is 0 Å². The first-order valence-corrected chi connectivity index (χ1v) is 8.94. The molecule has 0 aliphatic rings. The van der Waals surface area contributed by atoms with Crippen LogP contribution < -0.4 is 10.5 Å². The van der Waals surface area contributed by atoms with Gasteiger partial charge in [-0.15, -0.1) is 0 Å². The van der Waals surface area contributed by atoms with Crippen LogP contribution in [0.2, 0.25) is 0 Å². The van der Waals surface area contributed by atoms with Crippen LogP contribution in [0.25, 0.3) is 0 Å². The fraction of sp³-hybridized carbons (Fsp3) is 0.444. The number of nitrogens with zero attached hydrogens (tertiary/aromatic N) is 3. The quantitative estimate of drug-likeness (QED) is 0.410. The lowest BCUT2D eigenvalue weighted by molar-refractivity contribution is -0.143. The molecule has 1 aromatic heterocycles. The standard InChI is InChI=1S/C18H16F9N3O2/c1-3-29-14(31)8-13(18(25,26)27)28-15(29)30(9-32-4-2)12-6-5-10(16(19,20)21)7-11(12)17(22,23)24/h5-8H,3-4,9H2,1-2H3. The lowest BCUT2D eigenvalue weighted by Gasteiger charge is -2.29. The average Bonchev–Trinajstić information content (AvgIpc) is 2.65. The summed E-state index contributed by atoms with van der Waals surface area (Å²) in [7, 11) is 0. The predicted octanol–water partition coefficient (Wildman–Crippen LogP) is 5.45. The molecule has 0 atom stereocenters. The van der Waals surface area contributed by atoms with E-state index in [2.05, 4.69) is 4.98 Å². The van der Waals surface area contributed by atoms with Crippen molar-refractivity contribution in [1.82, 2.24) is 9.55 Å². The normalized spacial score (nSPS) is 12.8. The molecule has 178 valence electrons. The minimum Gasteiger partial charge on any atom is -0.361 e. The van der Waals surface area contributed by atoms with E-state index in [9.17, 15) is 44.3 Å². The molecule has 0 N–H and O–H groups in total. The molecule has 14 heteroatoms. The van der Waals surface area contributed by atoms with Crippen LogP contribution in [0, 0.1) is 0 Å². The minimum atomic E-state index is -5.32. The third-order valence-corrected chi connectivity index (χ3v) is 4.18. The van der Waals surface area contributed by atoms with Gasteiger partial charge in [-0.3, -0.25) is 14.3 Å². The predicted molar refractivity (Wildman–Crippen MR) is 94.3 cm³/mol. The Bertz CT molecular complexity index is 1010. The fourth-order valence-corrected chi connectivity index (χ4v) is 2.73. The van der Waals surface area contributed by atoms with Gasteiger partial charge in [0.2, 0.25) is 5.95 Å². The van der Waals surface area contributed by atoms with Crippen LogP contribution in [0.1, 0.15) is 30.7 Å². The number of hydrogen-bond acceptors (Lipinski definition) is 4. The lowest BCUT2D eigenvalue weighted by Crippen LogP contribution is -2.34. The van der Waals surface area contributed by atoms with Crippen LogP contribution in [0.3, 0.4) is 0 Å². The van der Waals surface area contributed by atoms with Crippen molar-refractivity contribution in [3.05, 3.63) is 51.4 Å². The number of aromatic nitrogens is 2. The number of halogens is 9. The van der Waals surface area contributed by atoms with Crippen LogP contribution in [0.5, 0.6) is 0 Å². The maximum Gasteiger partial charge on any atom is 0.433 e. The molecule has 0 unspecified atom stereocenters. The van der Waals surface area contributed by atoms with Gasteiger partial charge in [0.05, 0.1) is 16.8 Å². The van der Waals surface area contributed by atoms with Crippen molar-refractivity contribution in [3.8, 4) is 0 Å². The van der Waals surface area contributed by atoms with Crippen molar-refractivity contribution in [2.45, 2.75) is 38.9 Å². The number of ether oxygens (including phenoxy) is 1. The summed E-state index contributed by atoms with van der Waals surface area (Å²) in [6, 6.07) is 0.780. The molecule has 0 amide bonds. The van der Waals surface area contributed by atoms with Crippen molar-refractivity contribution in [1.29, 1.82) is 0 Å². The van der Waals surface area contributed by atoms with Gasteiger partial charge in [0.25, 0.3) is 5.56 Å². The summed E-state index contributed by atoms with van der Waals surface area (Å²) in [5.74, 6) is -0.869. The molecule has 2 rings (SSSR count). The average molecular weight is 477 g/mol. The van der Waals surface area contributed by atoms with Crippen molar-refractivity contribution in [2.75, 3.05) is 18.2 Å². The molecule has 0 radical (unpaired) electrons. The zero-order chi connectivity index (χ0) is 24.5. The van der Waals surface area contributed by atoms with E-state index in [1.807, 2.05) is 0 Å². The van der Waals surface area contributed by atoms with E-state index >= 15 is 0 Å². The smallest absolute Gasteiger partial charge is 0.361 e. The summed E-state index contributed by atoms with van der Waals surface area (Å²) in [6.07, 6.45) is -15.5. The maximum atomic E-state index is 13.6. The monoisotopic (exact) mass is 477 g/mol. The highest BCUT2D eigenvalue weighted by molar-refractivity contribution is 5.64.